The summed E-state index contributed by atoms with van der Waals surface area (Å²) in [4.78, 5) is 25.4. The molecular formula is C16H16F2N2O3S. The zero-order valence-electron chi connectivity index (χ0n) is 13.1. The fourth-order valence-corrected chi connectivity index (χ4v) is 2.85. The molecule has 1 aromatic carbocycles. The molecule has 0 atom stereocenters. The SMILES string of the molecule is CCc1ccc(CNC(=O)Nc2cc(C(=O)OC)c(F)cc2F)s1. The average Bonchev–Trinajstić information content (AvgIpc) is 3.03. The van der Waals surface area contributed by atoms with Crippen molar-refractivity contribution in [3.63, 3.8) is 0 Å². The van der Waals surface area contributed by atoms with Gasteiger partial charge in [-0.15, -0.1) is 11.3 Å². The maximum Gasteiger partial charge on any atom is 0.340 e. The van der Waals surface area contributed by atoms with Crippen molar-refractivity contribution in [1.29, 1.82) is 0 Å². The number of esters is 1. The van der Waals surface area contributed by atoms with Crippen molar-refractivity contribution in [2.24, 2.45) is 0 Å². The molecule has 1 heterocycles. The summed E-state index contributed by atoms with van der Waals surface area (Å²) in [5.74, 6) is -3.00. The Hall–Kier alpha value is -2.48. The number of thiophene rings is 1. The second-order valence-corrected chi connectivity index (χ2v) is 6.09. The molecule has 0 aliphatic carbocycles. The van der Waals surface area contributed by atoms with E-state index >= 15 is 0 Å². The minimum Gasteiger partial charge on any atom is -0.465 e. The fourth-order valence-electron chi connectivity index (χ4n) is 1.95. The number of aryl methyl sites for hydroxylation is 1. The van der Waals surface area contributed by atoms with Gasteiger partial charge in [0.1, 0.15) is 11.6 Å². The van der Waals surface area contributed by atoms with Gasteiger partial charge in [-0.25, -0.2) is 18.4 Å². The lowest BCUT2D eigenvalue weighted by atomic mass is 10.2. The highest BCUT2D eigenvalue weighted by Gasteiger charge is 2.17. The van der Waals surface area contributed by atoms with Gasteiger partial charge >= 0.3 is 12.0 Å². The van der Waals surface area contributed by atoms with Gasteiger partial charge in [-0.3, -0.25) is 0 Å². The lowest BCUT2D eigenvalue weighted by Crippen LogP contribution is -2.28. The zero-order valence-corrected chi connectivity index (χ0v) is 13.9. The van der Waals surface area contributed by atoms with Crippen molar-refractivity contribution in [2.75, 3.05) is 12.4 Å². The number of nitrogens with one attached hydrogen (secondary N) is 2. The van der Waals surface area contributed by atoms with Gasteiger partial charge in [0.2, 0.25) is 0 Å². The number of methoxy groups -OCH3 is 1. The molecule has 0 aliphatic heterocycles. The number of benzene rings is 1. The van der Waals surface area contributed by atoms with Crippen LogP contribution in [0.15, 0.2) is 24.3 Å². The van der Waals surface area contributed by atoms with Gasteiger partial charge in [0.05, 0.1) is 24.9 Å². The summed E-state index contributed by atoms with van der Waals surface area (Å²) in [6, 6.07) is 4.63. The van der Waals surface area contributed by atoms with Crippen LogP contribution in [0, 0.1) is 11.6 Å². The van der Waals surface area contributed by atoms with Crippen LogP contribution in [0.25, 0.3) is 0 Å². The number of carbonyl (C=O) groups excluding carboxylic acids is 2. The van der Waals surface area contributed by atoms with Crippen LogP contribution in [0.5, 0.6) is 0 Å². The maximum absolute atomic E-state index is 13.7. The molecule has 24 heavy (non-hydrogen) atoms. The molecule has 128 valence electrons. The van der Waals surface area contributed by atoms with Crippen LogP contribution in [0.3, 0.4) is 0 Å². The Morgan fingerprint density at radius 1 is 1.17 bits per heavy atom. The normalized spacial score (nSPS) is 10.3. The van der Waals surface area contributed by atoms with Crippen LogP contribution in [0.1, 0.15) is 27.0 Å². The highest BCUT2D eigenvalue weighted by atomic mass is 32.1. The molecule has 0 spiro atoms. The van der Waals surface area contributed by atoms with E-state index in [1.165, 1.54) is 4.88 Å². The van der Waals surface area contributed by atoms with E-state index in [9.17, 15) is 18.4 Å². The first-order valence-electron chi connectivity index (χ1n) is 7.14. The van der Waals surface area contributed by atoms with Crippen molar-refractivity contribution in [3.05, 3.63) is 51.2 Å². The number of urea groups is 1. The van der Waals surface area contributed by atoms with E-state index in [0.717, 1.165) is 24.5 Å². The second kappa shape index (κ2) is 7.87. The molecule has 0 unspecified atom stereocenters. The summed E-state index contributed by atoms with van der Waals surface area (Å²) in [5, 5.41) is 4.83. The van der Waals surface area contributed by atoms with E-state index in [1.54, 1.807) is 11.3 Å². The molecule has 2 rings (SSSR count). The van der Waals surface area contributed by atoms with Crippen LogP contribution in [0.2, 0.25) is 0 Å². The van der Waals surface area contributed by atoms with Crippen LogP contribution in [-0.4, -0.2) is 19.1 Å². The van der Waals surface area contributed by atoms with Gasteiger partial charge in [-0.05, 0) is 24.6 Å². The summed E-state index contributed by atoms with van der Waals surface area (Å²) >= 11 is 1.57. The number of amides is 2. The molecule has 0 radical (unpaired) electrons. The topological polar surface area (TPSA) is 67.4 Å². The Labute approximate surface area is 141 Å². The number of hydrogen-bond donors (Lipinski definition) is 2. The molecule has 0 saturated heterocycles. The summed E-state index contributed by atoms with van der Waals surface area (Å²) in [7, 11) is 1.08. The summed E-state index contributed by atoms with van der Waals surface area (Å²) in [5.41, 5.74) is -0.769. The lowest BCUT2D eigenvalue weighted by molar-refractivity contribution is 0.0595. The number of ether oxygens (including phenoxy) is 1. The highest BCUT2D eigenvalue weighted by molar-refractivity contribution is 7.11. The van der Waals surface area contributed by atoms with Crippen LogP contribution in [-0.2, 0) is 17.7 Å². The van der Waals surface area contributed by atoms with Gasteiger partial charge in [-0.1, -0.05) is 6.92 Å². The van der Waals surface area contributed by atoms with Crippen LogP contribution in [0.4, 0.5) is 19.3 Å². The molecule has 0 aliphatic rings. The summed E-state index contributed by atoms with van der Waals surface area (Å²) < 4.78 is 31.7. The number of rotatable bonds is 5. The molecule has 2 aromatic rings. The molecule has 2 amide bonds. The number of carbonyl (C=O) groups is 2. The molecular weight excluding hydrogens is 338 g/mol. The van der Waals surface area contributed by atoms with Crippen molar-refractivity contribution in [3.8, 4) is 0 Å². The minimum absolute atomic E-state index is 0.281. The first-order chi connectivity index (χ1) is 11.4. The van der Waals surface area contributed by atoms with E-state index in [1.807, 2.05) is 19.1 Å². The van der Waals surface area contributed by atoms with E-state index in [0.29, 0.717) is 6.07 Å². The third kappa shape index (κ3) is 4.29. The van der Waals surface area contributed by atoms with Crippen molar-refractivity contribution >= 4 is 29.0 Å². The molecule has 2 N–H and O–H groups in total. The Morgan fingerprint density at radius 3 is 2.50 bits per heavy atom. The third-order valence-electron chi connectivity index (χ3n) is 3.20. The van der Waals surface area contributed by atoms with Gasteiger partial charge in [0, 0.05) is 15.8 Å². The Balaban J connectivity index is 2.04. The van der Waals surface area contributed by atoms with Crippen molar-refractivity contribution in [1.82, 2.24) is 5.32 Å². The fraction of sp³-hybridized carbons (Fsp3) is 0.250. The molecule has 5 nitrogen and oxygen atoms in total. The highest BCUT2D eigenvalue weighted by Crippen LogP contribution is 2.20. The van der Waals surface area contributed by atoms with Gasteiger partial charge in [0.25, 0.3) is 0 Å². The van der Waals surface area contributed by atoms with E-state index in [2.05, 4.69) is 15.4 Å². The van der Waals surface area contributed by atoms with E-state index < -0.39 is 29.2 Å². The summed E-state index contributed by atoms with van der Waals surface area (Å²) in [6.45, 7) is 2.31. The quantitative estimate of drug-likeness (QED) is 0.805. The predicted octanol–water partition coefficient (Wildman–Crippen LogP) is 3.70. The monoisotopic (exact) mass is 354 g/mol. The third-order valence-corrected chi connectivity index (χ3v) is 4.43. The first-order valence-corrected chi connectivity index (χ1v) is 7.96. The van der Waals surface area contributed by atoms with Crippen LogP contribution >= 0.6 is 11.3 Å². The number of anilines is 1. The second-order valence-electron chi connectivity index (χ2n) is 4.83. The maximum atomic E-state index is 13.7. The smallest absolute Gasteiger partial charge is 0.340 e. The molecule has 1 aromatic heterocycles. The molecule has 0 bridgehead atoms. The van der Waals surface area contributed by atoms with Gasteiger partial charge in [-0.2, -0.15) is 0 Å². The Kier molecular flexibility index (Phi) is 5.86. The number of halogens is 2. The predicted molar refractivity (Wildman–Crippen MR) is 87.3 cm³/mol. The van der Waals surface area contributed by atoms with Gasteiger partial charge < -0.3 is 15.4 Å². The van der Waals surface area contributed by atoms with E-state index in [-0.39, 0.29) is 12.2 Å². The van der Waals surface area contributed by atoms with Crippen molar-refractivity contribution < 1.29 is 23.1 Å². The first kappa shape index (κ1) is 17.9. The Morgan fingerprint density at radius 2 is 1.88 bits per heavy atom. The number of hydrogen-bond acceptors (Lipinski definition) is 4. The average molecular weight is 354 g/mol. The van der Waals surface area contributed by atoms with Crippen molar-refractivity contribution in [2.45, 2.75) is 19.9 Å². The standard InChI is InChI=1S/C16H16F2N2O3S/c1-3-9-4-5-10(24-9)8-19-16(22)20-14-6-11(15(21)23-2)12(17)7-13(14)18/h4-7H,3,8H2,1-2H3,(H2,19,20,22). The largest absolute Gasteiger partial charge is 0.465 e. The molecule has 8 heteroatoms. The Bertz CT molecular complexity index is 762. The zero-order chi connectivity index (χ0) is 17.7. The molecule has 0 saturated carbocycles. The molecule has 0 fully saturated rings. The lowest BCUT2D eigenvalue weighted by Gasteiger charge is -2.10. The van der Waals surface area contributed by atoms with E-state index in [4.69, 9.17) is 0 Å². The minimum atomic E-state index is -1.06. The summed E-state index contributed by atoms with van der Waals surface area (Å²) in [6.07, 6.45) is 0.911. The van der Waals surface area contributed by atoms with Gasteiger partial charge in [0.15, 0.2) is 0 Å². The van der Waals surface area contributed by atoms with Crippen LogP contribution < -0.4 is 10.6 Å².